The Morgan fingerprint density at radius 2 is 2.07 bits per heavy atom. The highest BCUT2D eigenvalue weighted by molar-refractivity contribution is 5.42. The summed E-state index contributed by atoms with van der Waals surface area (Å²) in [5.74, 6) is 0. The van der Waals surface area contributed by atoms with E-state index >= 15 is 0 Å². The molecule has 2 aromatic rings. The van der Waals surface area contributed by atoms with Crippen molar-refractivity contribution in [3.63, 3.8) is 0 Å². The van der Waals surface area contributed by atoms with Gasteiger partial charge in [0.25, 0.3) is 0 Å². The van der Waals surface area contributed by atoms with Crippen molar-refractivity contribution in [2.75, 3.05) is 11.9 Å². The highest BCUT2D eigenvalue weighted by Gasteiger charge is 1.95. The molecule has 14 heavy (non-hydrogen) atoms. The van der Waals surface area contributed by atoms with Crippen LogP contribution in [0, 0.1) is 0 Å². The number of aromatic nitrogens is 1. The average Bonchev–Trinajstić information content (AvgIpc) is 2.72. The molecule has 0 aliphatic rings. The molecule has 1 N–H and O–H groups in total. The number of hydrogen-bond donors (Lipinski definition) is 1. The van der Waals surface area contributed by atoms with Crippen LogP contribution in [-0.4, -0.2) is 11.5 Å². The normalized spacial score (nSPS) is 10.0. The van der Waals surface area contributed by atoms with Crippen molar-refractivity contribution in [1.29, 1.82) is 0 Å². The molecule has 3 nitrogen and oxygen atoms in total. The summed E-state index contributed by atoms with van der Waals surface area (Å²) in [4.78, 5) is 4.04. The van der Waals surface area contributed by atoms with E-state index in [2.05, 4.69) is 10.3 Å². The highest BCUT2D eigenvalue weighted by Crippen LogP contribution is 2.05. The van der Waals surface area contributed by atoms with Crippen molar-refractivity contribution in [2.24, 2.45) is 0 Å². The van der Waals surface area contributed by atoms with Crippen LogP contribution in [0.1, 0.15) is 5.69 Å². The number of rotatable bonds is 4. The summed E-state index contributed by atoms with van der Waals surface area (Å²) in [6, 6.07) is 10.1. The molecule has 0 bridgehead atoms. The van der Waals surface area contributed by atoms with Crippen molar-refractivity contribution in [2.45, 2.75) is 6.42 Å². The van der Waals surface area contributed by atoms with Gasteiger partial charge in [-0.1, -0.05) is 18.2 Å². The van der Waals surface area contributed by atoms with Gasteiger partial charge < -0.3 is 9.73 Å². The molecule has 0 radical (unpaired) electrons. The maximum Gasteiger partial charge on any atom is 0.180 e. The van der Waals surface area contributed by atoms with Gasteiger partial charge in [-0.05, 0) is 12.1 Å². The SMILES string of the molecule is c1ccc(NCCc2cocn2)cc1. The lowest BCUT2D eigenvalue weighted by Crippen LogP contribution is -2.04. The fraction of sp³-hybridized carbons (Fsp3) is 0.182. The quantitative estimate of drug-likeness (QED) is 0.800. The van der Waals surface area contributed by atoms with Gasteiger partial charge in [0.05, 0.1) is 5.69 Å². The molecule has 1 aromatic heterocycles. The van der Waals surface area contributed by atoms with E-state index in [1.807, 2.05) is 30.3 Å². The fourth-order valence-electron chi connectivity index (χ4n) is 1.25. The molecule has 1 aromatic carbocycles. The van der Waals surface area contributed by atoms with E-state index in [-0.39, 0.29) is 0 Å². The van der Waals surface area contributed by atoms with Gasteiger partial charge in [0.2, 0.25) is 0 Å². The Hall–Kier alpha value is -1.77. The Balaban J connectivity index is 1.79. The summed E-state index contributed by atoms with van der Waals surface area (Å²) >= 11 is 0. The minimum atomic E-state index is 0.872. The summed E-state index contributed by atoms with van der Waals surface area (Å²) in [6.07, 6.45) is 4.01. The number of nitrogens with zero attached hydrogens (tertiary/aromatic N) is 1. The Kier molecular flexibility index (Phi) is 2.81. The molecule has 1 heterocycles. The van der Waals surface area contributed by atoms with Crippen molar-refractivity contribution in [3.05, 3.63) is 48.7 Å². The van der Waals surface area contributed by atoms with Gasteiger partial charge in [-0.15, -0.1) is 0 Å². The number of para-hydroxylation sites is 1. The number of hydrogen-bond acceptors (Lipinski definition) is 3. The van der Waals surface area contributed by atoms with Crippen LogP contribution in [-0.2, 0) is 6.42 Å². The summed E-state index contributed by atoms with van der Waals surface area (Å²) in [7, 11) is 0. The van der Waals surface area contributed by atoms with E-state index in [1.165, 1.54) is 6.39 Å². The van der Waals surface area contributed by atoms with Gasteiger partial charge in [0.15, 0.2) is 6.39 Å². The van der Waals surface area contributed by atoms with Crippen LogP contribution < -0.4 is 5.32 Å². The minimum Gasteiger partial charge on any atom is -0.451 e. The molecular weight excluding hydrogens is 176 g/mol. The van der Waals surface area contributed by atoms with Gasteiger partial charge in [0, 0.05) is 18.7 Å². The van der Waals surface area contributed by atoms with E-state index < -0.39 is 0 Å². The van der Waals surface area contributed by atoms with E-state index in [0.717, 1.165) is 24.3 Å². The number of anilines is 1. The number of nitrogens with one attached hydrogen (secondary N) is 1. The van der Waals surface area contributed by atoms with Crippen LogP contribution in [0.4, 0.5) is 5.69 Å². The number of benzene rings is 1. The third-order valence-electron chi connectivity index (χ3n) is 1.97. The van der Waals surface area contributed by atoms with Gasteiger partial charge >= 0.3 is 0 Å². The molecule has 0 aliphatic carbocycles. The topological polar surface area (TPSA) is 38.1 Å². The number of oxazole rings is 1. The minimum absolute atomic E-state index is 0.872. The molecule has 2 rings (SSSR count). The first-order valence-corrected chi connectivity index (χ1v) is 4.61. The van der Waals surface area contributed by atoms with Gasteiger partial charge in [-0.3, -0.25) is 0 Å². The van der Waals surface area contributed by atoms with Crippen molar-refractivity contribution >= 4 is 5.69 Å². The van der Waals surface area contributed by atoms with Gasteiger partial charge in [-0.2, -0.15) is 0 Å². The van der Waals surface area contributed by atoms with E-state index in [9.17, 15) is 0 Å². The Morgan fingerprint density at radius 3 is 2.79 bits per heavy atom. The van der Waals surface area contributed by atoms with Crippen molar-refractivity contribution in [1.82, 2.24) is 4.98 Å². The summed E-state index contributed by atoms with van der Waals surface area (Å²) in [5.41, 5.74) is 2.12. The van der Waals surface area contributed by atoms with Crippen LogP contribution in [0.2, 0.25) is 0 Å². The molecule has 0 saturated heterocycles. The first kappa shape index (κ1) is 8.81. The maximum absolute atomic E-state index is 4.88. The second-order valence-corrected chi connectivity index (χ2v) is 3.02. The molecule has 0 saturated carbocycles. The van der Waals surface area contributed by atoms with Crippen molar-refractivity contribution in [3.8, 4) is 0 Å². The smallest absolute Gasteiger partial charge is 0.180 e. The molecule has 0 amide bonds. The summed E-state index contributed by atoms with van der Waals surface area (Å²) in [5, 5.41) is 3.30. The second-order valence-electron chi connectivity index (χ2n) is 3.02. The first-order valence-electron chi connectivity index (χ1n) is 4.61. The van der Waals surface area contributed by atoms with Crippen LogP contribution >= 0.6 is 0 Å². The van der Waals surface area contributed by atoms with Crippen molar-refractivity contribution < 1.29 is 4.42 Å². The Bertz CT molecular complexity index is 356. The predicted molar refractivity (Wildman–Crippen MR) is 55.1 cm³/mol. The second kappa shape index (κ2) is 4.46. The molecule has 0 atom stereocenters. The molecule has 0 aliphatic heterocycles. The lowest BCUT2D eigenvalue weighted by Gasteiger charge is -2.03. The Labute approximate surface area is 82.8 Å². The monoisotopic (exact) mass is 188 g/mol. The van der Waals surface area contributed by atoms with Crippen LogP contribution in [0.15, 0.2) is 47.4 Å². The largest absolute Gasteiger partial charge is 0.451 e. The molecular formula is C11H12N2O. The van der Waals surface area contributed by atoms with E-state index in [4.69, 9.17) is 4.42 Å². The van der Waals surface area contributed by atoms with E-state index in [1.54, 1.807) is 6.26 Å². The fourth-order valence-corrected chi connectivity index (χ4v) is 1.25. The zero-order valence-electron chi connectivity index (χ0n) is 7.81. The third-order valence-corrected chi connectivity index (χ3v) is 1.97. The highest BCUT2D eigenvalue weighted by atomic mass is 16.3. The van der Waals surface area contributed by atoms with Gasteiger partial charge in [-0.25, -0.2) is 4.98 Å². The molecule has 0 unspecified atom stereocenters. The summed E-state index contributed by atoms with van der Waals surface area (Å²) < 4.78 is 4.88. The average molecular weight is 188 g/mol. The summed E-state index contributed by atoms with van der Waals surface area (Å²) in [6.45, 7) is 0.872. The molecule has 3 heteroatoms. The zero-order valence-corrected chi connectivity index (χ0v) is 7.81. The van der Waals surface area contributed by atoms with Crippen LogP contribution in [0.3, 0.4) is 0 Å². The lowest BCUT2D eigenvalue weighted by molar-refractivity contribution is 0.556. The third kappa shape index (κ3) is 2.36. The zero-order chi connectivity index (χ0) is 9.64. The van der Waals surface area contributed by atoms with E-state index in [0.29, 0.717) is 0 Å². The van der Waals surface area contributed by atoms with Crippen LogP contribution in [0.25, 0.3) is 0 Å². The van der Waals surface area contributed by atoms with Gasteiger partial charge in [0.1, 0.15) is 6.26 Å². The Morgan fingerprint density at radius 1 is 1.21 bits per heavy atom. The molecule has 72 valence electrons. The molecule has 0 spiro atoms. The predicted octanol–water partition coefficient (Wildman–Crippen LogP) is 2.33. The standard InChI is InChI=1S/C11H12N2O/c1-2-4-10(5-3-1)12-7-6-11-8-14-9-13-11/h1-5,8-9,12H,6-7H2. The lowest BCUT2D eigenvalue weighted by atomic mass is 10.3. The first-order chi connectivity index (χ1) is 6.95. The maximum atomic E-state index is 4.88. The molecule has 0 fully saturated rings. The van der Waals surface area contributed by atoms with Crippen LogP contribution in [0.5, 0.6) is 0 Å².